The zero-order valence-electron chi connectivity index (χ0n) is 19.0. The fourth-order valence-electron chi connectivity index (χ4n) is 4.25. The minimum atomic E-state index is -0.344. The average molecular weight is 506 g/mol. The number of aromatic nitrogens is 4. The zero-order chi connectivity index (χ0) is 24.5. The third kappa shape index (κ3) is 4.46. The number of tetrazole rings is 1. The zero-order valence-corrected chi connectivity index (χ0v) is 20.5. The second kappa shape index (κ2) is 9.62. The van der Waals surface area contributed by atoms with Crippen LogP contribution in [-0.4, -0.2) is 32.2 Å². The minimum absolute atomic E-state index is 0.187. The molecule has 0 N–H and O–H groups in total. The third-order valence-electron chi connectivity index (χ3n) is 5.92. The molecule has 0 spiro atoms. The Bertz CT molecular complexity index is 1570. The molecule has 0 radical (unpaired) electrons. The van der Waals surface area contributed by atoms with Crippen molar-refractivity contribution < 1.29 is 4.42 Å². The maximum Gasteiger partial charge on any atom is 0.197 e. The van der Waals surface area contributed by atoms with Crippen molar-refractivity contribution in [1.82, 2.24) is 25.1 Å². The number of nitrogens with zero attached hydrogens (tertiary/aromatic N) is 5. The predicted octanol–water partition coefficient (Wildman–Crippen LogP) is 5.61. The van der Waals surface area contributed by atoms with Gasteiger partial charge in [0, 0.05) is 17.1 Å². The largest absolute Gasteiger partial charge is 0.462 e. The van der Waals surface area contributed by atoms with Crippen LogP contribution in [-0.2, 0) is 6.54 Å². The van der Waals surface area contributed by atoms with Crippen LogP contribution in [0.25, 0.3) is 16.7 Å². The molecule has 7 nitrogen and oxygen atoms in total. The number of aryl methyl sites for hydroxylation is 1. The Morgan fingerprint density at radius 2 is 1.80 bits per heavy atom. The maximum absolute atomic E-state index is 13.3. The summed E-state index contributed by atoms with van der Waals surface area (Å²) in [4.78, 5) is 15.3. The van der Waals surface area contributed by atoms with Gasteiger partial charge in [0.1, 0.15) is 0 Å². The Labute approximate surface area is 211 Å². The lowest BCUT2D eigenvalue weighted by molar-refractivity contribution is 0.256. The van der Waals surface area contributed by atoms with E-state index in [1.807, 2.05) is 73.5 Å². The Morgan fingerprint density at radius 1 is 1.06 bits per heavy atom. The van der Waals surface area contributed by atoms with Crippen LogP contribution < -0.4 is 5.43 Å². The summed E-state index contributed by atoms with van der Waals surface area (Å²) in [6, 6.07) is 20.6. The lowest BCUT2D eigenvalue weighted by Gasteiger charge is -2.27. The quantitative estimate of drug-likeness (QED) is 0.298. The Balaban J connectivity index is 1.59. The molecule has 0 aliphatic carbocycles. The molecule has 0 saturated heterocycles. The van der Waals surface area contributed by atoms with Crippen molar-refractivity contribution in [2.75, 3.05) is 7.05 Å². The number of halogens is 2. The van der Waals surface area contributed by atoms with Crippen LogP contribution in [0.4, 0.5) is 0 Å². The highest BCUT2D eigenvalue weighted by Gasteiger charge is 2.27. The maximum atomic E-state index is 13.3. The molecule has 0 bridgehead atoms. The molecule has 0 aliphatic heterocycles. The number of rotatable bonds is 6. The monoisotopic (exact) mass is 505 g/mol. The van der Waals surface area contributed by atoms with Crippen LogP contribution in [0, 0.1) is 6.92 Å². The van der Waals surface area contributed by atoms with Crippen LogP contribution in [0.1, 0.15) is 28.6 Å². The molecular weight excluding hydrogens is 485 g/mol. The molecule has 176 valence electrons. The first-order valence-electron chi connectivity index (χ1n) is 10.9. The third-order valence-corrected chi connectivity index (χ3v) is 6.42. The van der Waals surface area contributed by atoms with E-state index in [0.717, 1.165) is 16.8 Å². The van der Waals surface area contributed by atoms with E-state index in [-0.39, 0.29) is 18.0 Å². The normalized spacial score (nSPS) is 12.4. The Morgan fingerprint density at radius 3 is 2.57 bits per heavy atom. The highest BCUT2D eigenvalue weighted by molar-refractivity contribution is 6.38. The molecule has 1 atom stereocenters. The standard InChI is InChI=1S/C26H21Cl2N5O2/c1-16-8-6-7-11-22(16)33-26(29-30-31-33)23(17-9-4-3-5-10-17)32(2)14-18-15-35-25-20(24(18)34)12-19(27)13-21(25)28/h3-13,15,23H,14H2,1-2H3/t23-/m0/s1. The van der Waals surface area contributed by atoms with E-state index < -0.39 is 0 Å². The van der Waals surface area contributed by atoms with Gasteiger partial charge in [-0.2, -0.15) is 4.68 Å². The molecule has 2 aromatic heterocycles. The summed E-state index contributed by atoms with van der Waals surface area (Å²) < 4.78 is 7.47. The molecule has 2 heterocycles. The number of fused-ring (bicyclic) bond motifs is 1. The van der Waals surface area contributed by atoms with Crippen molar-refractivity contribution in [3.05, 3.63) is 116 Å². The fourth-order valence-corrected chi connectivity index (χ4v) is 4.79. The van der Waals surface area contributed by atoms with Crippen LogP contribution in [0.15, 0.2) is 82.2 Å². The van der Waals surface area contributed by atoms with E-state index in [9.17, 15) is 4.79 Å². The molecule has 9 heteroatoms. The summed E-state index contributed by atoms with van der Waals surface area (Å²) in [6.45, 7) is 2.29. The summed E-state index contributed by atoms with van der Waals surface area (Å²) in [6.07, 6.45) is 1.45. The van der Waals surface area contributed by atoms with Gasteiger partial charge >= 0.3 is 0 Å². The first-order chi connectivity index (χ1) is 16.9. The summed E-state index contributed by atoms with van der Waals surface area (Å²) in [5.74, 6) is 0.629. The summed E-state index contributed by atoms with van der Waals surface area (Å²) in [7, 11) is 1.92. The number of para-hydroxylation sites is 1. The summed E-state index contributed by atoms with van der Waals surface area (Å²) in [5.41, 5.74) is 3.50. The van der Waals surface area contributed by atoms with E-state index in [1.165, 1.54) is 6.26 Å². The average Bonchev–Trinajstić information content (AvgIpc) is 3.31. The van der Waals surface area contributed by atoms with E-state index in [2.05, 4.69) is 15.5 Å². The highest BCUT2D eigenvalue weighted by atomic mass is 35.5. The van der Waals surface area contributed by atoms with Gasteiger partial charge in [-0.1, -0.05) is 71.7 Å². The minimum Gasteiger partial charge on any atom is -0.462 e. The fraction of sp³-hybridized carbons (Fsp3) is 0.154. The van der Waals surface area contributed by atoms with Gasteiger partial charge in [0.15, 0.2) is 16.8 Å². The van der Waals surface area contributed by atoms with E-state index >= 15 is 0 Å². The topological polar surface area (TPSA) is 77.1 Å². The smallest absolute Gasteiger partial charge is 0.197 e. The van der Waals surface area contributed by atoms with Gasteiger partial charge in [0.25, 0.3) is 0 Å². The first kappa shape index (κ1) is 23.2. The van der Waals surface area contributed by atoms with Crippen molar-refractivity contribution in [3.8, 4) is 5.69 Å². The number of hydrogen-bond acceptors (Lipinski definition) is 6. The number of hydrogen-bond donors (Lipinski definition) is 0. The van der Waals surface area contributed by atoms with Gasteiger partial charge in [0.05, 0.1) is 28.4 Å². The van der Waals surface area contributed by atoms with Crippen molar-refractivity contribution in [2.45, 2.75) is 19.5 Å². The molecule has 0 amide bonds. The lowest BCUT2D eigenvalue weighted by Crippen LogP contribution is -2.30. The van der Waals surface area contributed by atoms with E-state index in [1.54, 1.807) is 16.8 Å². The van der Waals surface area contributed by atoms with Gasteiger partial charge in [-0.05, 0) is 53.7 Å². The highest BCUT2D eigenvalue weighted by Crippen LogP contribution is 2.30. The van der Waals surface area contributed by atoms with Crippen molar-refractivity contribution in [3.63, 3.8) is 0 Å². The second-order valence-corrected chi connectivity index (χ2v) is 9.16. The SMILES string of the molecule is Cc1ccccc1-n1nnnc1[C@H](c1ccccc1)N(C)Cc1coc2c(Cl)cc(Cl)cc2c1=O. The van der Waals surface area contributed by atoms with Crippen LogP contribution >= 0.6 is 23.2 Å². The van der Waals surface area contributed by atoms with Crippen LogP contribution in [0.2, 0.25) is 10.0 Å². The molecule has 0 fully saturated rings. The summed E-state index contributed by atoms with van der Waals surface area (Å²) in [5, 5.41) is 13.7. The van der Waals surface area contributed by atoms with Crippen molar-refractivity contribution in [2.24, 2.45) is 0 Å². The molecular formula is C26H21Cl2N5O2. The van der Waals surface area contributed by atoms with Gasteiger partial charge in [0.2, 0.25) is 0 Å². The Kier molecular flexibility index (Phi) is 6.38. The van der Waals surface area contributed by atoms with Crippen molar-refractivity contribution in [1.29, 1.82) is 0 Å². The van der Waals surface area contributed by atoms with Crippen LogP contribution in [0.3, 0.4) is 0 Å². The van der Waals surface area contributed by atoms with Gasteiger partial charge in [-0.15, -0.1) is 5.10 Å². The van der Waals surface area contributed by atoms with Crippen LogP contribution in [0.5, 0.6) is 0 Å². The second-order valence-electron chi connectivity index (χ2n) is 8.32. The molecule has 35 heavy (non-hydrogen) atoms. The van der Waals surface area contributed by atoms with E-state index in [4.69, 9.17) is 27.6 Å². The lowest BCUT2D eigenvalue weighted by atomic mass is 10.0. The first-order valence-corrected chi connectivity index (χ1v) is 11.7. The van der Waals surface area contributed by atoms with Crippen molar-refractivity contribution >= 4 is 34.2 Å². The molecule has 3 aromatic carbocycles. The van der Waals surface area contributed by atoms with Gasteiger partial charge in [-0.3, -0.25) is 9.69 Å². The molecule has 0 unspecified atom stereocenters. The number of benzene rings is 3. The predicted molar refractivity (Wildman–Crippen MR) is 136 cm³/mol. The van der Waals surface area contributed by atoms with E-state index in [0.29, 0.717) is 32.4 Å². The molecule has 5 rings (SSSR count). The van der Waals surface area contributed by atoms with Gasteiger partial charge < -0.3 is 4.42 Å². The summed E-state index contributed by atoms with van der Waals surface area (Å²) >= 11 is 12.4. The molecule has 0 aliphatic rings. The van der Waals surface area contributed by atoms with Gasteiger partial charge in [-0.25, -0.2) is 0 Å². The Hall–Kier alpha value is -3.52. The molecule has 0 saturated carbocycles. The molecule has 5 aromatic rings.